The average Bonchev–Trinajstić information content (AvgIpc) is 1.00. The topological polar surface area (TPSA) is 17.1 Å². The molecule has 0 amide bonds. The molecule has 0 aliphatic heterocycles. The van der Waals surface area contributed by atoms with Gasteiger partial charge in [0.15, 0.2) is 0 Å². The molecule has 0 aliphatic rings. The summed E-state index contributed by atoms with van der Waals surface area (Å²) >= 11 is 2.94. The normalized spacial score (nSPS) is 1.50. The molecule has 0 aromatic carbocycles. The van der Waals surface area contributed by atoms with E-state index in [-0.39, 0.29) is 69.3 Å². The Labute approximate surface area is 87.0 Å². The van der Waals surface area contributed by atoms with E-state index >= 15 is 0 Å². The predicted octanol–water partition coefficient (Wildman–Crippen LogP) is -0.505. The molecule has 0 aromatic heterocycles. The minimum atomic E-state index is 0. The quantitative estimate of drug-likeness (QED) is 0.499. The molecule has 0 bridgehead atoms. The van der Waals surface area contributed by atoms with Crippen molar-refractivity contribution in [3.05, 3.63) is 0 Å². The van der Waals surface area contributed by atoms with Crippen LogP contribution in [0.15, 0.2) is 0 Å². The Morgan fingerprint density at radius 3 is 1.25 bits per heavy atom. The van der Waals surface area contributed by atoms with Crippen LogP contribution in [0, 0.1) is 0 Å². The van der Waals surface area contributed by atoms with Crippen LogP contribution in [0.25, 0.3) is 0 Å². The van der Waals surface area contributed by atoms with E-state index in [1.54, 1.807) is 0 Å². The summed E-state index contributed by atoms with van der Waals surface area (Å²) in [6.45, 7) is 0. The van der Waals surface area contributed by atoms with Crippen molar-refractivity contribution in [2.45, 2.75) is 0 Å². The smallest absolute Gasteiger partial charge is 0 e. The van der Waals surface area contributed by atoms with E-state index in [0.717, 1.165) is 0 Å². The van der Waals surface area contributed by atoms with Crippen LogP contribution in [0.5, 0.6) is 0 Å². The fourth-order valence-electron chi connectivity index (χ4n) is 0. The zero-order chi connectivity index (χ0) is 2.00. The molecule has 0 saturated carbocycles. The minimum absolute atomic E-state index is 0. The minimum Gasteiger partial charge on any atom is 0 e. The predicted molar refractivity (Wildman–Crippen MR) is 6.44 cm³/mol. The number of hydrogen-bond donors (Lipinski definition) is 0. The van der Waals surface area contributed by atoms with Crippen LogP contribution < -0.4 is 0 Å². The summed E-state index contributed by atoms with van der Waals surface area (Å²) in [6.07, 6.45) is 0. The first-order valence-electron chi connectivity index (χ1n) is 0.123. The van der Waals surface area contributed by atoms with Gasteiger partial charge in [-0.3, -0.25) is 0 Å². The van der Waals surface area contributed by atoms with E-state index in [1.807, 2.05) is 0 Å². The summed E-state index contributed by atoms with van der Waals surface area (Å²) in [5.74, 6) is 0. The fourth-order valence-corrected chi connectivity index (χ4v) is 0. The first-order chi connectivity index (χ1) is 1.00. The Morgan fingerprint density at radius 2 is 1.25 bits per heavy atom. The average molecular weight is 403 g/mol. The van der Waals surface area contributed by atoms with E-state index in [0.29, 0.717) is 0 Å². The molecule has 0 heterocycles. The van der Waals surface area contributed by atoms with Crippen LogP contribution >= 0.6 is 0 Å². The van der Waals surface area contributed by atoms with Crippen molar-refractivity contribution in [2.24, 2.45) is 0 Å². The van der Waals surface area contributed by atoms with Gasteiger partial charge in [0.25, 0.3) is 0 Å². The second-order valence-corrected chi connectivity index (χ2v) is 0. The second kappa shape index (κ2) is 17.7. The molecule has 0 spiro atoms. The van der Waals surface area contributed by atoms with Crippen LogP contribution in [0.3, 0.4) is 0 Å². The maximum Gasteiger partial charge on any atom is 0 e. The summed E-state index contributed by atoms with van der Waals surface area (Å²) in [4.78, 5) is 0. The molecule has 0 saturated heterocycles. The molecule has 4 heteroatoms. The Kier molecular flexibility index (Phi) is 70.7. The maximum absolute atomic E-state index is 7.81. The van der Waals surface area contributed by atoms with Crippen molar-refractivity contribution in [3.8, 4) is 0 Å². The molecule has 1 nitrogen and oxygen atoms in total. The van der Waals surface area contributed by atoms with Gasteiger partial charge in [-0.15, -0.1) is 0 Å². The third-order valence-electron chi connectivity index (χ3n) is 0. The van der Waals surface area contributed by atoms with Crippen molar-refractivity contribution < 1.29 is 40.2 Å². The Hall–Kier alpha value is 2.55. The Morgan fingerprint density at radius 1 is 1.25 bits per heavy atom. The summed E-state index contributed by atoms with van der Waals surface area (Å²) < 4.78 is 7.81. The molecule has 0 atom stereocenters. The van der Waals surface area contributed by atoms with Gasteiger partial charge in [0.2, 0.25) is 0 Å². The van der Waals surface area contributed by atoms with Gasteiger partial charge in [0.05, 0.1) is 0 Å². The van der Waals surface area contributed by atoms with Crippen molar-refractivity contribution >= 4 is 48.9 Å². The molecular formula is BaCuORe. The first kappa shape index (κ1) is 16.0. The van der Waals surface area contributed by atoms with Crippen molar-refractivity contribution in [2.75, 3.05) is 0 Å². The van der Waals surface area contributed by atoms with Crippen LogP contribution in [-0.2, 0) is 40.2 Å². The number of rotatable bonds is 0. The molecule has 0 N–H and O–H groups in total. The van der Waals surface area contributed by atoms with Crippen LogP contribution in [0.2, 0.25) is 0 Å². The largest absolute Gasteiger partial charge is 0 e. The van der Waals surface area contributed by atoms with Gasteiger partial charge in [-0.1, -0.05) is 0 Å². The Bertz CT molecular complexity index is 8.00. The molecule has 0 fully saturated rings. The fraction of sp³-hybridized carbons (Fsp3) is 0. The summed E-state index contributed by atoms with van der Waals surface area (Å²) in [5, 5.41) is 0. The summed E-state index contributed by atoms with van der Waals surface area (Å²) in [6, 6.07) is 0. The van der Waals surface area contributed by atoms with E-state index in [4.69, 9.17) is 3.83 Å². The van der Waals surface area contributed by atoms with Crippen LogP contribution in [0.1, 0.15) is 0 Å². The van der Waals surface area contributed by atoms with Gasteiger partial charge in [-0.2, -0.15) is 0 Å². The molecule has 0 aliphatic carbocycles. The zero-order valence-electron chi connectivity index (χ0n) is 1.79. The van der Waals surface area contributed by atoms with Crippen molar-refractivity contribution in [1.29, 1.82) is 0 Å². The van der Waals surface area contributed by atoms with Crippen molar-refractivity contribution in [3.63, 3.8) is 0 Å². The molecule has 3 radical (unpaired) electrons. The second-order valence-electron chi connectivity index (χ2n) is 0. The van der Waals surface area contributed by atoms with Gasteiger partial charge in [0, 0.05) is 69.3 Å². The van der Waals surface area contributed by atoms with Gasteiger partial charge < -0.3 is 0 Å². The third-order valence-corrected chi connectivity index (χ3v) is 0. The molecule has 0 rings (SSSR count). The van der Waals surface area contributed by atoms with E-state index in [9.17, 15) is 0 Å². The molecular weight excluding hydrogens is 403 g/mol. The molecule has 0 unspecified atom stereocenters. The van der Waals surface area contributed by atoms with E-state index in [1.165, 1.54) is 0 Å². The van der Waals surface area contributed by atoms with E-state index < -0.39 is 0 Å². The Balaban J connectivity index is -0.00000000500. The van der Waals surface area contributed by atoms with Gasteiger partial charge >= 0.3 is 19.8 Å². The van der Waals surface area contributed by atoms with Crippen LogP contribution in [0.4, 0.5) is 0 Å². The maximum atomic E-state index is 7.81. The monoisotopic (exact) mass is 404 g/mol. The first-order valence-corrected chi connectivity index (χ1v) is 0.508. The summed E-state index contributed by atoms with van der Waals surface area (Å²) in [7, 11) is 0. The number of hydrogen-bond acceptors (Lipinski definition) is 1. The standard InChI is InChI=1S/Ba.Cu.O.Re. The zero-order valence-corrected chi connectivity index (χ0v) is 9.89. The molecule has 26 valence electrons. The van der Waals surface area contributed by atoms with E-state index in [2.05, 4.69) is 15.9 Å². The molecule has 4 heavy (non-hydrogen) atoms. The van der Waals surface area contributed by atoms with Gasteiger partial charge in [-0.25, -0.2) is 0 Å². The van der Waals surface area contributed by atoms with Gasteiger partial charge in [0.1, 0.15) is 0 Å². The SMILES string of the molecule is [Ba].[O]=[Cu].[Re]. The summed E-state index contributed by atoms with van der Waals surface area (Å²) in [5.41, 5.74) is 0. The van der Waals surface area contributed by atoms with Gasteiger partial charge in [-0.05, 0) is 0 Å². The van der Waals surface area contributed by atoms with Crippen LogP contribution in [-0.4, -0.2) is 48.9 Å². The third kappa shape index (κ3) is 8.82. The molecule has 0 aromatic rings. The van der Waals surface area contributed by atoms with Crippen molar-refractivity contribution in [1.82, 2.24) is 0 Å².